The maximum atomic E-state index is 13.0. The lowest BCUT2D eigenvalue weighted by Crippen LogP contribution is -2.17. The van der Waals surface area contributed by atoms with Crippen LogP contribution in [0.3, 0.4) is 0 Å². The molecular formula is C15H12ClF2NO3S. The van der Waals surface area contributed by atoms with Crippen LogP contribution in [-0.4, -0.2) is 20.1 Å². The first-order valence-electron chi connectivity index (χ1n) is 6.51. The molecule has 4 nitrogen and oxygen atoms in total. The number of rotatable bonds is 5. The van der Waals surface area contributed by atoms with Crippen molar-refractivity contribution in [2.75, 3.05) is 11.1 Å². The van der Waals surface area contributed by atoms with E-state index in [-0.39, 0.29) is 22.0 Å². The number of carbonyl (C=O) groups is 1. The Labute approximate surface area is 137 Å². The standard InChI is InChI=1S/C15H12ClF2NO3S/c16-13-9-11(3-6-14(13)18)19-15(20)7-8-23(21,22)12-4-1-10(17)2-5-12/h1-6,9H,7-8H2,(H,19,20). The van der Waals surface area contributed by atoms with Crippen molar-refractivity contribution in [2.24, 2.45) is 0 Å². The maximum absolute atomic E-state index is 13.0. The van der Waals surface area contributed by atoms with E-state index in [0.29, 0.717) is 0 Å². The van der Waals surface area contributed by atoms with Gasteiger partial charge >= 0.3 is 0 Å². The molecule has 0 saturated heterocycles. The second-order valence-corrected chi connectivity index (χ2v) is 7.22. The van der Waals surface area contributed by atoms with E-state index >= 15 is 0 Å². The van der Waals surface area contributed by atoms with E-state index in [4.69, 9.17) is 11.6 Å². The Morgan fingerprint density at radius 1 is 1.09 bits per heavy atom. The number of sulfone groups is 1. The Morgan fingerprint density at radius 3 is 2.35 bits per heavy atom. The predicted octanol–water partition coefficient (Wildman–Crippen LogP) is 3.42. The SMILES string of the molecule is O=C(CCS(=O)(=O)c1ccc(F)cc1)Nc1ccc(F)c(Cl)c1. The van der Waals surface area contributed by atoms with Crippen LogP contribution in [-0.2, 0) is 14.6 Å². The minimum atomic E-state index is -3.69. The molecule has 23 heavy (non-hydrogen) atoms. The maximum Gasteiger partial charge on any atom is 0.225 e. The highest BCUT2D eigenvalue weighted by Gasteiger charge is 2.16. The molecule has 0 aliphatic rings. The van der Waals surface area contributed by atoms with Gasteiger partial charge < -0.3 is 5.32 Å². The summed E-state index contributed by atoms with van der Waals surface area (Å²) in [5.41, 5.74) is 0.264. The minimum Gasteiger partial charge on any atom is -0.326 e. The highest BCUT2D eigenvalue weighted by Crippen LogP contribution is 2.19. The molecule has 1 N–H and O–H groups in total. The van der Waals surface area contributed by atoms with Crippen molar-refractivity contribution < 1.29 is 22.0 Å². The van der Waals surface area contributed by atoms with Gasteiger partial charge in [0, 0.05) is 12.1 Å². The average Bonchev–Trinajstić information content (AvgIpc) is 2.50. The van der Waals surface area contributed by atoms with Crippen LogP contribution in [0.25, 0.3) is 0 Å². The molecule has 0 aromatic heterocycles. The third-order valence-corrected chi connectivity index (χ3v) is 5.00. The Bertz CT molecular complexity index is 823. The molecule has 2 rings (SSSR count). The van der Waals surface area contributed by atoms with Gasteiger partial charge in [-0.25, -0.2) is 17.2 Å². The zero-order chi connectivity index (χ0) is 17.0. The van der Waals surface area contributed by atoms with Gasteiger partial charge in [0.25, 0.3) is 0 Å². The van der Waals surface area contributed by atoms with Gasteiger partial charge in [-0.1, -0.05) is 11.6 Å². The Morgan fingerprint density at radius 2 is 1.74 bits per heavy atom. The van der Waals surface area contributed by atoms with Crippen LogP contribution in [0.4, 0.5) is 14.5 Å². The second-order valence-electron chi connectivity index (χ2n) is 4.70. The summed E-state index contributed by atoms with van der Waals surface area (Å²) in [7, 11) is -3.69. The molecule has 0 saturated carbocycles. The van der Waals surface area contributed by atoms with Crippen LogP contribution in [0, 0.1) is 11.6 Å². The third kappa shape index (κ3) is 4.74. The number of hydrogen-bond donors (Lipinski definition) is 1. The number of carbonyl (C=O) groups excluding carboxylic acids is 1. The van der Waals surface area contributed by atoms with E-state index in [1.165, 1.54) is 12.1 Å². The molecule has 2 aromatic rings. The van der Waals surface area contributed by atoms with Gasteiger partial charge in [-0.05, 0) is 42.5 Å². The number of amides is 1. The van der Waals surface area contributed by atoms with Gasteiger partial charge in [0.05, 0.1) is 15.7 Å². The highest BCUT2D eigenvalue weighted by atomic mass is 35.5. The fourth-order valence-corrected chi connectivity index (χ4v) is 3.21. The first-order valence-corrected chi connectivity index (χ1v) is 8.54. The number of anilines is 1. The topological polar surface area (TPSA) is 63.2 Å². The molecule has 122 valence electrons. The predicted molar refractivity (Wildman–Crippen MR) is 83.1 cm³/mol. The fraction of sp³-hybridized carbons (Fsp3) is 0.133. The van der Waals surface area contributed by atoms with Gasteiger partial charge in [-0.2, -0.15) is 0 Å². The van der Waals surface area contributed by atoms with Gasteiger partial charge in [0.15, 0.2) is 9.84 Å². The van der Waals surface area contributed by atoms with Crippen molar-refractivity contribution in [3.63, 3.8) is 0 Å². The summed E-state index contributed by atoms with van der Waals surface area (Å²) >= 11 is 5.59. The summed E-state index contributed by atoms with van der Waals surface area (Å²) < 4.78 is 49.9. The minimum absolute atomic E-state index is 0.0588. The Balaban J connectivity index is 1.98. The van der Waals surface area contributed by atoms with Gasteiger partial charge in [0.1, 0.15) is 11.6 Å². The summed E-state index contributed by atoms with van der Waals surface area (Å²) in [5, 5.41) is 2.28. The molecule has 0 unspecified atom stereocenters. The van der Waals surface area contributed by atoms with Crippen molar-refractivity contribution in [1.29, 1.82) is 0 Å². The first kappa shape index (κ1) is 17.4. The van der Waals surface area contributed by atoms with Crippen molar-refractivity contribution >= 4 is 33.0 Å². The highest BCUT2D eigenvalue weighted by molar-refractivity contribution is 7.91. The zero-order valence-corrected chi connectivity index (χ0v) is 13.3. The molecule has 1 amide bonds. The summed E-state index contributed by atoms with van der Waals surface area (Å²) in [6.45, 7) is 0. The molecule has 0 heterocycles. The van der Waals surface area contributed by atoms with Crippen molar-refractivity contribution in [3.05, 3.63) is 59.1 Å². The third-order valence-electron chi connectivity index (χ3n) is 2.97. The molecule has 0 spiro atoms. The average molecular weight is 360 g/mol. The number of halogens is 3. The lowest BCUT2D eigenvalue weighted by Gasteiger charge is -2.07. The molecule has 2 aromatic carbocycles. The molecule has 0 fully saturated rings. The van der Waals surface area contributed by atoms with Crippen LogP contribution < -0.4 is 5.32 Å². The Kier molecular flexibility index (Phi) is 5.33. The first-order chi connectivity index (χ1) is 10.8. The number of nitrogens with one attached hydrogen (secondary N) is 1. The molecule has 0 aliphatic heterocycles. The van der Waals surface area contributed by atoms with E-state index in [0.717, 1.165) is 30.3 Å². The zero-order valence-electron chi connectivity index (χ0n) is 11.7. The monoisotopic (exact) mass is 359 g/mol. The van der Waals surface area contributed by atoms with Crippen molar-refractivity contribution in [1.82, 2.24) is 0 Å². The van der Waals surface area contributed by atoms with E-state index in [1.54, 1.807) is 0 Å². The van der Waals surface area contributed by atoms with Crippen LogP contribution >= 0.6 is 11.6 Å². The Hall–Kier alpha value is -1.99. The lowest BCUT2D eigenvalue weighted by atomic mass is 10.3. The van der Waals surface area contributed by atoms with Crippen molar-refractivity contribution in [2.45, 2.75) is 11.3 Å². The van der Waals surface area contributed by atoms with E-state index in [9.17, 15) is 22.0 Å². The fourth-order valence-electron chi connectivity index (χ4n) is 1.78. The van der Waals surface area contributed by atoms with Crippen molar-refractivity contribution in [3.8, 4) is 0 Å². The summed E-state index contributed by atoms with van der Waals surface area (Å²) in [6.07, 6.45) is -0.297. The van der Waals surface area contributed by atoms with Gasteiger partial charge in [0.2, 0.25) is 5.91 Å². The van der Waals surface area contributed by atoms with E-state index in [2.05, 4.69) is 5.32 Å². The van der Waals surface area contributed by atoms with Gasteiger partial charge in [-0.3, -0.25) is 4.79 Å². The molecule has 0 aliphatic carbocycles. The molecule has 0 bridgehead atoms. The summed E-state index contributed by atoms with van der Waals surface area (Å²) in [6, 6.07) is 7.98. The van der Waals surface area contributed by atoms with E-state index in [1.807, 2.05) is 0 Å². The normalized spacial score (nSPS) is 11.3. The van der Waals surface area contributed by atoms with E-state index < -0.39 is 33.1 Å². The van der Waals surface area contributed by atoms with Crippen LogP contribution in [0.5, 0.6) is 0 Å². The summed E-state index contributed by atoms with van der Waals surface area (Å²) in [4.78, 5) is 11.7. The van der Waals surface area contributed by atoms with Crippen LogP contribution in [0.15, 0.2) is 47.4 Å². The molecule has 0 radical (unpaired) electrons. The smallest absolute Gasteiger partial charge is 0.225 e. The molecule has 8 heteroatoms. The molecule has 0 atom stereocenters. The largest absolute Gasteiger partial charge is 0.326 e. The number of benzene rings is 2. The second kappa shape index (κ2) is 7.06. The summed E-state index contributed by atoms with van der Waals surface area (Å²) in [5.74, 6) is -2.16. The van der Waals surface area contributed by atoms with Crippen LogP contribution in [0.2, 0.25) is 5.02 Å². The van der Waals surface area contributed by atoms with Crippen LogP contribution in [0.1, 0.15) is 6.42 Å². The van der Waals surface area contributed by atoms with Gasteiger partial charge in [-0.15, -0.1) is 0 Å². The number of hydrogen-bond acceptors (Lipinski definition) is 3. The lowest BCUT2D eigenvalue weighted by molar-refractivity contribution is -0.115. The quantitative estimate of drug-likeness (QED) is 0.832. The molecular weight excluding hydrogens is 348 g/mol.